The van der Waals surface area contributed by atoms with Gasteiger partial charge in [0.25, 0.3) is 0 Å². The highest BCUT2D eigenvalue weighted by atomic mass is 35.5. The number of esters is 1. The minimum atomic E-state index is -0.665. The molecule has 2 rings (SSSR count). The van der Waals surface area contributed by atoms with Crippen molar-refractivity contribution in [3.05, 3.63) is 53.6 Å². The zero-order valence-electron chi connectivity index (χ0n) is 17.0. The molecule has 2 aromatic rings. The van der Waals surface area contributed by atoms with E-state index in [4.69, 9.17) is 20.6 Å². The van der Waals surface area contributed by atoms with Crippen molar-refractivity contribution in [1.29, 1.82) is 5.41 Å². The third-order valence-corrected chi connectivity index (χ3v) is 4.67. The number of nitrogens with one attached hydrogen (secondary N) is 2. The van der Waals surface area contributed by atoms with E-state index in [1.807, 2.05) is 38.3 Å². The predicted molar refractivity (Wildman–Crippen MR) is 122 cm³/mol. The number of thioether (sulfide) groups is 1. The van der Waals surface area contributed by atoms with E-state index in [1.54, 1.807) is 43.0 Å². The van der Waals surface area contributed by atoms with Crippen molar-refractivity contribution in [1.82, 2.24) is 0 Å². The van der Waals surface area contributed by atoms with Crippen LogP contribution < -0.4 is 15.8 Å². The fourth-order valence-electron chi connectivity index (χ4n) is 2.63. The van der Waals surface area contributed by atoms with Crippen LogP contribution in [-0.2, 0) is 9.53 Å². The van der Waals surface area contributed by atoms with Gasteiger partial charge in [-0.2, -0.15) is 0 Å². The molecule has 0 amide bonds. The highest BCUT2D eigenvalue weighted by Gasteiger charge is 2.23. The normalized spacial score (nSPS) is 11.3. The number of hydrogen-bond donors (Lipinski definition) is 3. The third-order valence-electron chi connectivity index (χ3n) is 3.91. The second-order valence-corrected chi connectivity index (χ2v) is 7.25. The lowest BCUT2D eigenvalue weighted by atomic mass is 10.1. The number of carbonyl (C=O) groups is 1. The van der Waals surface area contributed by atoms with E-state index < -0.39 is 6.04 Å². The fraction of sp³-hybridized carbons (Fsp3) is 0.333. The predicted octanol–water partition coefficient (Wildman–Crippen LogP) is 4.62. The molecule has 0 radical (unpaired) electrons. The molecule has 29 heavy (non-hydrogen) atoms. The molecule has 158 valence electrons. The van der Waals surface area contributed by atoms with Crippen LogP contribution in [0.15, 0.2) is 47.4 Å². The summed E-state index contributed by atoms with van der Waals surface area (Å²) in [7, 11) is 0. The van der Waals surface area contributed by atoms with Gasteiger partial charge in [0.2, 0.25) is 0 Å². The molecule has 2 aromatic carbocycles. The molecule has 0 aliphatic rings. The van der Waals surface area contributed by atoms with Gasteiger partial charge in [0.05, 0.1) is 12.7 Å². The minimum Gasteiger partial charge on any atom is -0.490 e. The van der Waals surface area contributed by atoms with Crippen LogP contribution in [0.1, 0.15) is 37.9 Å². The Labute approximate surface area is 182 Å². The summed E-state index contributed by atoms with van der Waals surface area (Å²) in [5, 5.41) is 10.7. The van der Waals surface area contributed by atoms with Gasteiger partial charge in [-0.1, -0.05) is 6.07 Å². The van der Waals surface area contributed by atoms with Gasteiger partial charge in [0, 0.05) is 16.1 Å². The van der Waals surface area contributed by atoms with Crippen molar-refractivity contribution >= 4 is 41.7 Å². The molecule has 0 bridgehead atoms. The second-order valence-electron chi connectivity index (χ2n) is 6.40. The lowest BCUT2D eigenvalue weighted by molar-refractivity contribution is -0.144. The molecule has 4 N–H and O–H groups in total. The zero-order valence-corrected chi connectivity index (χ0v) is 18.7. The maximum absolute atomic E-state index is 12.6. The van der Waals surface area contributed by atoms with Crippen molar-refractivity contribution in [2.24, 2.45) is 5.73 Å². The summed E-state index contributed by atoms with van der Waals surface area (Å²) < 4.78 is 11.1. The van der Waals surface area contributed by atoms with Crippen LogP contribution in [0, 0.1) is 5.41 Å². The summed E-state index contributed by atoms with van der Waals surface area (Å²) in [5.41, 5.74) is 7.64. The van der Waals surface area contributed by atoms with Crippen molar-refractivity contribution in [2.75, 3.05) is 18.2 Å². The Morgan fingerprint density at radius 3 is 2.38 bits per heavy atom. The van der Waals surface area contributed by atoms with E-state index in [0.717, 1.165) is 21.9 Å². The summed E-state index contributed by atoms with van der Waals surface area (Å²) in [6.07, 6.45) is 2.04. The Morgan fingerprint density at radius 1 is 1.21 bits per heavy atom. The summed E-state index contributed by atoms with van der Waals surface area (Å²) in [6.45, 7) is 6.03. The summed E-state index contributed by atoms with van der Waals surface area (Å²) in [5.74, 6) is 0.432. The van der Waals surface area contributed by atoms with Crippen LogP contribution in [0.5, 0.6) is 5.75 Å². The van der Waals surface area contributed by atoms with Gasteiger partial charge in [-0.3, -0.25) is 5.41 Å². The number of ether oxygens (including phenoxy) is 2. The number of nitrogens with two attached hydrogens (primary N) is 1. The monoisotopic (exact) mass is 437 g/mol. The van der Waals surface area contributed by atoms with Crippen molar-refractivity contribution in [2.45, 2.75) is 37.8 Å². The van der Waals surface area contributed by atoms with Gasteiger partial charge in [-0.25, -0.2) is 4.79 Å². The topological polar surface area (TPSA) is 97.4 Å². The first kappa shape index (κ1) is 24.7. The Morgan fingerprint density at radius 2 is 1.86 bits per heavy atom. The highest BCUT2D eigenvalue weighted by molar-refractivity contribution is 7.98. The largest absolute Gasteiger partial charge is 0.490 e. The van der Waals surface area contributed by atoms with Crippen molar-refractivity contribution < 1.29 is 14.3 Å². The Bertz CT molecular complexity index is 828. The van der Waals surface area contributed by atoms with E-state index in [2.05, 4.69) is 5.32 Å². The van der Waals surface area contributed by atoms with Gasteiger partial charge in [-0.05, 0) is 69.0 Å². The number of halogens is 1. The molecule has 1 unspecified atom stereocenters. The Balaban J connectivity index is 0.00000420. The molecule has 0 saturated carbocycles. The lowest BCUT2D eigenvalue weighted by Gasteiger charge is -2.21. The first-order chi connectivity index (χ1) is 13.3. The van der Waals surface area contributed by atoms with Crippen LogP contribution in [-0.4, -0.2) is 30.8 Å². The van der Waals surface area contributed by atoms with Gasteiger partial charge < -0.3 is 20.5 Å². The molecular weight excluding hydrogens is 410 g/mol. The zero-order chi connectivity index (χ0) is 20.7. The molecule has 0 saturated heterocycles. The van der Waals surface area contributed by atoms with E-state index in [1.165, 1.54) is 0 Å². The number of amidine groups is 1. The molecular formula is C21H28ClN3O3S. The minimum absolute atomic E-state index is 0. The average Bonchev–Trinajstić information content (AvgIpc) is 2.66. The second kappa shape index (κ2) is 11.6. The summed E-state index contributed by atoms with van der Waals surface area (Å²) in [4.78, 5) is 13.6. The van der Waals surface area contributed by atoms with E-state index in [-0.39, 0.29) is 30.3 Å². The smallest absolute Gasteiger partial charge is 0.333 e. The number of hydrogen-bond acceptors (Lipinski definition) is 6. The van der Waals surface area contributed by atoms with E-state index in [0.29, 0.717) is 12.2 Å². The molecule has 0 heterocycles. The number of carbonyl (C=O) groups excluding carboxylic acids is 1. The molecule has 1 atom stereocenters. The fourth-order valence-corrected chi connectivity index (χ4v) is 3.20. The lowest BCUT2D eigenvalue weighted by Crippen LogP contribution is -2.23. The standard InChI is InChI=1S/C21H27N3O3S.ClH/c1-5-26-21(25)19(24-16-9-6-14(7-10-16)20(22)23)15-8-11-17(27-13(2)3)18(12-15)28-4;/h6-13,19,24H,5H2,1-4H3,(H3,22,23);1H. The van der Waals surface area contributed by atoms with Crippen LogP contribution in [0.25, 0.3) is 0 Å². The molecule has 0 aliphatic carbocycles. The quantitative estimate of drug-likeness (QED) is 0.229. The van der Waals surface area contributed by atoms with Gasteiger partial charge in [-0.15, -0.1) is 24.2 Å². The maximum atomic E-state index is 12.6. The van der Waals surface area contributed by atoms with Crippen LogP contribution >= 0.6 is 24.2 Å². The van der Waals surface area contributed by atoms with Gasteiger partial charge in [0.15, 0.2) is 6.04 Å². The molecule has 6 nitrogen and oxygen atoms in total. The number of nitrogen functional groups attached to an aromatic ring is 1. The number of anilines is 1. The molecule has 0 fully saturated rings. The van der Waals surface area contributed by atoms with Crippen LogP contribution in [0.4, 0.5) is 5.69 Å². The number of benzene rings is 2. The SMILES string of the molecule is CCOC(=O)C(Nc1ccc(C(=N)N)cc1)c1ccc(OC(C)C)c(SC)c1.Cl. The summed E-state index contributed by atoms with van der Waals surface area (Å²) in [6, 6.07) is 12.1. The van der Waals surface area contributed by atoms with E-state index in [9.17, 15) is 4.79 Å². The molecule has 8 heteroatoms. The molecule has 0 aromatic heterocycles. The molecule has 0 spiro atoms. The van der Waals surface area contributed by atoms with Crippen molar-refractivity contribution in [3.63, 3.8) is 0 Å². The van der Waals surface area contributed by atoms with Crippen LogP contribution in [0.2, 0.25) is 0 Å². The molecule has 0 aliphatic heterocycles. The first-order valence-corrected chi connectivity index (χ1v) is 10.3. The number of rotatable bonds is 9. The summed E-state index contributed by atoms with van der Waals surface area (Å²) >= 11 is 1.56. The Hall–Kier alpha value is -2.38. The van der Waals surface area contributed by atoms with Crippen molar-refractivity contribution in [3.8, 4) is 5.75 Å². The third kappa shape index (κ3) is 6.87. The Kier molecular flexibility index (Phi) is 9.85. The maximum Gasteiger partial charge on any atom is 0.333 e. The highest BCUT2D eigenvalue weighted by Crippen LogP contribution is 2.33. The average molecular weight is 438 g/mol. The van der Waals surface area contributed by atoms with E-state index >= 15 is 0 Å². The van der Waals surface area contributed by atoms with Crippen LogP contribution in [0.3, 0.4) is 0 Å². The van der Waals surface area contributed by atoms with Gasteiger partial charge >= 0.3 is 5.97 Å². The first-order valence-electron chi connectivity index (χ1n) is 9.08. The van der Waals surface area contributed by atoms with Gasteiger partial charge in [0.1, 0.15) is 11.6 Å².